The number of benzene rings is 1. The van der Waals surface area contributed by atoms with Gasteiger partial charge in [0.05, 0.1) is 5.66 Å². The summed E-state index contributed by atoms with van der Waals surface area (Å²) in [6.07, 6.45) is 0.951. The summed E-state index contributed by atoms with van der Waals surface area (Å²) in [7, 11) is 0.320. The van der Waals surface area contributed by atoms with Crippen molar-refractivity contribution in [2.75, 3.05) is 0 Å². The molecule has 1 aliphatic heterocycles. The third kappa shape index (κ3) is 1.22. The molecule has 0 amide bonds. The summed E-state index contributed by atoms with van der Waals surface area (Å²) in [5, 5.41) is 2.74. The quantitative estimate of drug-likeness (QED) is 0.526. The highest BCUT2D eigenvalue weighted by Gasteiger charge is 2.19. The van der Waals surface area contributed by atoms with Crippen LogP contribution in [0.4, 0.5) is 0 Å². The number of rotatable bonds is 1. The van der Waals surface area contributed by atoms with Crippen molar-refractivity contribution in [2.45, 2.75) is 5.66 Å². The van der Waals surface area contributed by atoms with Crippen LogP contribution >= 0.6 is 8.73 Å². The van der Waals surface area contributed by atoms with E-state index in [2.05, 4.69) is 5.25 Å². The van der Waals surface area contributed by atoms with Crippen molar-refractivity contribution in [1.82, 2.24) is 5.25 Å². The van der Waals surface area contributed by atoms with Gasteiger partial charge in [0.25, 0.3) is 0 Å². The Labute approximate surface area is 71.9 Å². The highest BCUT2D eigenvalue weighted by Crippen LogP contribution is 2.39. The molecule has 0 saturated carbocycles. The van der Waals surface area contributed by atoms with Crippen molar-refractivity contribution < 1.29 is 9.63 Å². The van der Waals surface area contributed by atoms with Crippen molar-refractivity contribution in [2.24, 2.45) is 0 Å². The number of hydrogen-bond acceptors (Lipinski definition) is 3. The molecular formula is C8H8NO2P. The molecule has 1 N–H and O–H groups in total. The molecule has 0 fully saturated rings. The minimum absolute atomic E-state index is 0.0463. The lowest BCUT2D eigenvalue weighted by molar-refractivity contribution is -0.107. The number of nitrogens with one attached hydrogen (secondary N) is 1. The molecule has 0 aliphatic carbocycles. The van der Waals surface area contributed by atoms with Crippen LogP contribution in [0.15, 0.2) is 24.3 Å². The molecule has 0 radical (unpaired) electrons. The van der Waals surface area contributed by atoms with Gasteiger partial charge in [0.15, 0.2) is 5.75 Å². The Bertz CT molecular complexity index is 303. The molecule has 2 rings (SSSR count). The second-order valence-corrected chi connectivity index (χ2v) is 3.61. The minimum Gasteiger partial charge on any atom is -0.405 e. The Morgan fingerprint density at radius 2 is 2.33 bits per heavy atom. The monoisotopic (exact) mass is 181 g/mol. The molecule has 1 heterocycles. The standard InChI is InChI=1S/C8H8NO2P/c10-5-8-6-3-1-2-4-7(6)11-9-12-8/h1-5,8-9,12H. The molecule has 0 saturated heterocycles. The van der Waals surface area contributed by atoms with Crippen molar-refractivity contribution in [3.63, 3.8) is 0 Å². The summed E-state index contributed by atoms with van der Waals surface area (Å²) < 4.78 is 0. The van der Waals surface area contributed by atoms with E-state index in [1.807, 2.05) is 24.3 Å². The van der Waals surface area contributed by atoms with Gasteiger partial charge in [-0.2, -0.15) is 0 Å². The van der Waals surface area contributed by atoms with E-state index in [1.165, 1.54) is 0 Å². The molecule has 1 aliphatic rings. The molecular weight excluding hydrogens is 173 g/mol. The molecule has 0 spiro atoms. The average molecular weight is 181 g/mol. The van der Waals surface area contributed by atoms with Crippen LogP contribution in [0.2, 0.25) is 0 Å². The van der Waals surface area contributed by atoms with Gasteiger partial charge in [-0.25, -0.2) is 0 Å². The Morgan fingerprint density at radius 1 is 1.50 bits per heavy atom. The highest BCUT2D eigenvalue weighted by atomic mass is 31.1. The topological polar surface area (TPSA) is 38.3 Å². The maximum atomic E-state index is 10.6. The maximum absolute atomic E-state index is 10.6. The second kappa shape index (κ2) is 3.21. The van der Waals surface area contributed by atoms with Crippen molar-refractivity contribution in [1.29, 1.82) is 0 Å². The minimum atomic E-state index is -0.0463. The van der Waals surface area contributed by atoms with Crippen LogP contribution in [0, 0.1) is 0 Å². The SMILES string of the molecule is O=CC1PNOc2ccccc21. The Morgan fingerprint density at radius 3 is 3.17 bits per heavy atom. The summed E-state index contributed by atoms with van der Waals surface area (Å²) >= 11 is 0. The first kappa shape index (κ1) is 7.71. The fourth-order valence-electron chi connectivity index (χ4n) is 1.16. The fourth-order valence-corrected chi connectivity index (χ4v) is 1.92. The van der Waals surface area contributed by atoms with Crippen LogP contribution in [0.1, 0.15) is 11.2 Å². The third-order valence-corrected chi connectivity index (χ3v) is 2.74. The van der Waals surface area contributed by atoms with E-state index in [0.717, 1.165) is 17.6 Å². The molecule has 2 atom stereocenters. The third-order valence-electron chi connectivity index (χ3n) is 1.77. The van der Waals surface area contributed by atoms with E-state index in [-0.39, 0.29) is 5.66 Å². The Kier molecular flexibility index (Phi) is 2.07. The van der Waals surface area contributed by atoms with Crippen LogP contribution in [0.25, 0.3) is 0 Å². The predicted octanol–water partition coefficient (Wildman–Crippen LogP) is 1.42. The van der Waals surface area contributed by atoms with E-state index in [0.29, 0.717) is 8.73 Å². The molecule has 12 heavy (non-hydrogen) atoms. The number of aldehydes is 1. The first-order valence-corrected chi connectivity index (χ1v) is 4.71. The number of hydrogen-bond donors (Lipinski definition) is 1. The smallest absolute Gasteiger partial charge is 0.151 e. The van der Waals surface area contributed by atoms with Crippen molar-refractivity contribution in [3.05, 3.63) is 29.8 Å². The van der Waals surface area contributed by atoms with Crippen molar-refractivity contribution >= 4 is 15.0 Å². The first-order valence-electron chi connectivity index (χ1n) is 3.63. The van der Waals surface area contributed by atoms with Gasteiger partial charge < -0.3 is 9.63 Å². The lowest BCUT2D eigenvalue weighted by Crippen LogP contribution is -2.17. The van der Waals surface area contributed by atoms with Gasteiger partial charge in [-0.3, -0.25) is 0 Å². The number of carbonyl (C=O) groups excluding carboxylic acids is 1. The van der Waals surface area contributed by atoms with Crippen LogP contribution in [0.5, 0.6) is 5.75 Å². The first-order chi connectivity index (χ1) is 5.92. The van der Waals surface area contributed by atoms with Gasteiger partial charge in [0.1, 0.15) is 6.29 Å². The molecule has 2 unspecified atom stereocenters. The lowest BCUT2D eigenvalue weighted by Gasteiger charge is -2.21. The van der Waals surface area contributed by atoms with Gasteiger partial charge in [0, 0.05) is 14.3 Å². The number of fused-ring (bicyclic) bond motifs is 1. The summed E-state index contributed by atoms with van der Waals surface area (Å²) in [4.78, 5) is 15.8. The van der Waals surface area contributed by atoms with Gasteiger partial charge in [0.2, 0.25) is 0 Å². The Hall–Kier alpha value is -0.920. The molecule has 62 valence electrons. The van der Waals surface area contributed by atoms with E-state index < -0.39 is 0 Å². The van der Waals surface area contributed by atoms with Gasteiger partial charge in [-0.1, -0.05) is 18.2 Å². The number of para-hydroxylation sites is 1. The zero-order valence-electron chi connectivity index (χ0n) is 6.28. The van der Waals surface area contributed by atoms with E-state index >= 15 is 0 Å². The second-order valence-electron chi connectivity index (χ2n) is 2.50. The molecule has 3 nitrogen and oxygen atoms in total. The van der Waals surface area contributed by atoms with Crippen LogP contribution in [-0.4, -0.2) is 6.29 Å². The zero-order chi connectivity index (χ0) is 8.39. The molecule has 1 aromatic carbocycles. The molecule has 0 aromatic heterocycles. The predicted molar refractivity (Wildman–Crippen MR) is 47.3 cm³/mol. The number of carbonyl (C=O) groups is 1. The summed E-state index contributed by atoms with van der Waals surface area (Å²) in [5.41, 5.74) is 0.930. The summed E-state index contributed by atoms with van der Waals surface area (Å²) in [5.74, 6) is 0.758. The van der Waals surface area contributed by atoms with Gasteiger partial charge >= 0.3 is 0 Å². The fraction of sp³-hybridized carbons (Fsp3) is 0.125. The van der Waals surface area contributed by atoms with E-state index in [1.54, 1.807) is 0 Å². The zero-order valence-corrected chi connectivity index (χ0v) is 7.28. The largest absolute Gasteiger partial charge is 0.405 e. The van der Waals surface area contributed by atoms with Crippen LogP contribution in [0.3, 0.4) is 0 Å². The highest BCUT2D eigenvalue weighted by molar-refractivity contribution is 7.37. The molecule has 0 bridgehead atoms. The average Bonchev–Trinajstić information content (AvgIpc) is 2.17. The Balaban J connectivity index is 2.43. The lowest BCUT2D eigenvalue weighted by atomic mass is 10.1. The van der Waals surface area contributed by atoms with Gasteiger partial charge in [-0.15, -0.1) is 5.25 Å². The maximum Gasteiger partial charge on any atom is 0.151 e. The molecule has 4 heteroatoms. The van der Waals surface area contributed by atoms with Crippen LogP contribution in [-0.2, 0) is 4.79 Å². The van der Waals surface area contributed by atoms with E-state index in [4.69, 9.17) is 4.84 Å². The summed E-state index contributed by atoms with van der Waals surface area (Å²) in [6, 6.07) is 7.57. The summed E-state index contributed by atoms with van der Waals surface area (Å²) in [6.45, 7) is 0. The molecule has 1 aromatic rings. The van der Waals surface area contributed by atoms with Crippen LogP contribution < -0.4 is 10.1 Å². The van der Waals surface area contributed by atoms with Crippen molar-refractivity contribution in [3.8, 4) is 5.75 Å². The van der Waals surface area contributed by atoms with Gasteiger partial charge in [-0.05, 0) is 6.07 Å². The van der Waals surface area contributed by atoms with E-state index in [9.17, 15) is 4.79 Å². The normalized spacial score (nSPS) is 22.8.